The Labute approximate surface area is 167 Å². The molecule has 0 aromatic carbocycles. The van der Waals surface area contributed by atoms with Crippen molar-refractivity contribution in [1.29, 1.82) is 5.26 Å². The first-order chi connectivity index (χ1) is 13.9. The number of nitrogens with zero attached hydrogens (tertiary/aromatic N) is 4. The highest BCUT2D eigenvalue weighted by Gasteiger charge is 2.45. The minimum Gasteiger partial charge on any atom is -0.383 e. The van der Waals surface area contributed by atoms with E-state index in [1.165, 1.54) is 12.3 Å². The highest BCUT2D eigenvalue weighted by Crippen LogP contribution is 2.32. The van der Waals surface area contributed by atoms with Crippen molar-refractivity contribution < 1.29 is 14.3 Å². The summed E-state index contributed by atoms with van der Waals surface area (Å²) in [6.07, 6.45) is 4.32. The molecule has 10 nitrogen and oxygen atoms in total. The van der Waals surface area contributed by atoms with Gasteiger partial charge < -0.3 is 25.3 Å². The molecule has 3 rings (SSSR count). The normalized spacial score (nSPS) is 21.0. The molecule has 0 unspecified atom stereocenters. The summed E-state index contributed by atoms with van der Waals surface area (Å²) in [6, 6.07) is 1.94. The third-order valence-electron chi connectivity index (χ3n) is 4.97. The zero-order chi connectivity index (χ0) is 21.0. The van der Waals surface area contributed by atoms with E-state index in [-0.39, 0.29) is 17.9 Å². The number of methoxy groups -OCH3 is 1. The van der Waals surface area contributed by atoms with Gasteiger partial charge in [-0.2, -0.15) is 5.26 Å². The Morgan fingerprint density at radius 2 is 2.38 bits per heavy atom. The number of aromatic nitrogens is 3. The number of carbonyl (C=O) groups is 2. The molecular formula is C19H23N7O3. The average molecular weight is 397 g/mol. The van der Waals surface area contributed by atoms with Gasteiger partial charge in [-0.3, -0.25) is 9.59 Å². The average Bonchev–Trinajstić information content (AvgIpc) is 3.29. The number of nitrogens with one attached hydrogen (secondary N) is 3. The van der Waals surface area contributed by atoms with E-state index in [2.05, 4.69) is 38.2 Å². The van der Waals surface area contributed by atoms with Crippen LogP contribution < -0.4 is 10.6 Å². The molecule has 3 N–H and O–H groups in total. The Bertz CT molecular complexity index is 980. The number of hydrogen-bond donors (Lipinski definition) is 3. The maximum Gasteiger partial charge on any atom is 0.255 e. The first-order valence-corrected chi connectivity index (χ1v) is 9.12. The molecule has 0 saturated carbocycles. The number of fused-ring (bicyclic) bond motifs is 1. The molecule has 10 heteroatoms. The van der Waals surface area contributed by atoms with Crippen LogP contribution in [0.25, 0.3) is 11.2 Å². The van der Waals surface area contributed by atoms with Crippen molar-refractivity contribution in [2.24, 2.45) is 5.41 Å². The van der Waals surface area contributed by atoms with Crippen LogP contribution >= 0.6 is 0 Å². The zero-order valence-corrected chi connectivity index (χ0v) is 16.4. The lowest BCUT2D eigenvalue weighted by Crippen LogP contribution is -2.36. The Hall–Kier alpha value is -3.45. The van der Waals surface area contributed by atoms with Crippen LogP contribution in [0.2, 0.25) is 0 Å². The van der Waals surface area contributed by atoms with Crippen LogP contribution in [0.5, 0.6) is 0 Å². The fourth-order valence-electron chi connectivity index (χ4n) is 3.28. The van der Waals surface area contributed by atoms with E-state index in [1.54, 1.807) is 25.1 Å². The minimum atomic E-state index is -0.798. The molecule has 29 heavy (non-hydrogen) atoms. The van der Waals surface area contributed by atoms with Crippen LogP contribution in [0.3, 0.4) is 0 Å². The van der Waals surface area contributed by atoms with Crippen LogP contribution in [0.4, 0.5) is 5.82 Å². The summed E-state index contributed by atoms with van der Waals surface area (Å²) in [4.78, 5) is 37.7. The molecule has 2 amide bonds. The van der Waals surface area contributed by atoms with Crippen LogP contribution in [0.15, 0.2) is 25.0 Å². The predicted octanol–water partition coefficient (Wildman–Crippen LogP) is 0.673. The Balaban J connectivity index is 1.82. The number of anilines is 1. The van der Waals surface area contributed by atoms with Gasteiger partial charge in [0.25, 0.3) is 5.91 Å². The summed E-state index contributed by atoms with van der Waals surface area (Å²) in [5.41, 5.74) is 0.463. The topological polar surface area (TPSA) is 136 Å². The largest absolute Gasteiger partial charge is 0.383 e. The summed E-state index contributed by atoms with van der Waals surface area (Å²) in [6.45, 7) is 6.70. The van der Waals surface area contributed by atoms with Gasteiger partial charge in [0.1, 0.15) is 11.3 Å². The lowest BCUT2D eigenvalue weighted by atomic mass is 9.87. The van der Waals surface area contributed by atoms with Crippen LogP contribution in [-0.2, 0) is 9.53 Å². The second kappa shape index (κ2) is 8.28. The zero-order valence-electron chi connectivity index (χ0n) is 16.4. The van der Waals surface area contributed by atoms with Crippen molar-refractivity contribution in [3.8, 4) is 6.07 Å². The lowest BCUT2D eigenvalue weighted by molar-refractivity contribution is -0.125. The van der Waals surface area contributed by atoms with Gasteiger partial charge in [-0.15, -0.1) is 0 Å². The number of H-pyrrole nitrogens is 1. The molecule has 1 aliphatic heterocycles. The Kier molecular flexibility index (Phi) is 5.79. The number of amides is 2. The minimum absolute atomic E-state index is 0.224. The van der Waals surface area contributed by atoms with Crippen LogP contribution in [0, 0.1) is 16.7 Å². The second-order valence-corrected chi connectivity index (χ2v) is 7.05. The molecule has 1 aliphatic rings. The van der Waals surface area contributed by atoms with Gasteiger partial charge in [-0.05, 0) is 13.0 Å². The fraction of sp³-hybridized carbons (Fsp3) is 0.421. The van der Waals surface area contributed by atoms with E-state index in [0.29, 0.717) is 48.8 Å². The van der Waals surface area contributed by atoms with E-state index in [4.69, 9.17) is 4.74 Å². The van der Waals surface area contributed by atoms with Gasteiger partial charge in [0.05, 0.1) is 35.9 Å². The number of ether oxygens (including phenoxy) is 1. The fourth-order valence-corrected chi connectivity index (χ4v) is 3.28. The smallest absolute Gasteiger partial charge is 0.255 e. The van der Waals surface area contributed by atoms with Gasteiger partial charge in [-0.1, -0.05) is 6.58 Å². The van der Waals surface area contributed by atoms with Crippen molar-refractivity contribution in [3.05, 3.63) is 30.6 Å². The van der Waals surface area contributed by atoms with Crippen molar-refractivity contribution in [2.45, 2.75) is 13.0 Å². The van der Waals surface area contributed by atoms with Crippen LogP contribution in [0.1, 0.15) is 17.3 Å². The third-order valence-corrected chi connectivity index (χ3v) is 4.97. The quantitative estimate of drug-likeness (QED) is 0.461. The maximum atomic E-state index is 12.4. The summed E-state index contributed by atoms with van der Waals surface area (Å²) in [5.74, 6) is -0.0920. The number of aromatic amines is 1. The lowest BCUT2D eigenvalue weighted by Gasteiger charge is -2.23. The van der Waals surface area contributed by atoms with Crippen molar-refractivity contribution >= 4 is 28.8 Å². The number of carbonyl (C=O) groups excluding carboxylic acids is 2. The molecule has 2 aromatic rings. The van der Waals surface area contributed by atoms with Gasteiger partial charge in [-0.25, -0.2) is 9.97 Å². The highest BCUT2D eigenvalue weighted by atomic mass is 16.5. The molecular weight excluding hydrogens is 374 g/mol. The number of rotatable bonds is 7. The number of nitriles is 1. The predicted molar refractivity (Wildman–Crippen MR) is 106 cm³/mol. The summed E-state index contributed by atoms with van der Waals surface area (Å²) >= 11 is 0. The van der Waals surface area contributed by atoms with Gasteiger partial charge in [0.15, 0.2) is 5.65 Å². The third kappa shape index (κ3) is 4.05. The molecule has 0 aliphatic carbocycles. The van der Waals surface area contributed by atoms with Gasteiger partial charge in [0, 0.05) is 32.9 Å². The highest BCUT2D eigenvalue weighted by molar-refractivity contribution is 6.04. The van der Waals surface area contributed by atoms with Crippen molar-refractivity contribution in [2.75, 3.05) is 38.7 Å². The molecule has 3 heterocycles. The van der Waals surface area contributed by atoms with Crippen molar-refractivity contribution in [1.82, 2.24) is 25.2 Å². The van der Waals surface area contributed by atoms with E-state index >= 15 is 0 Å². The molecule has 2 aromatic heterocycles. The van der Waals surface area contributed by atoms with Gasteiger partial charge in [0.2, 0.25) is 5.91 Å². The molecule has 2 atom stereocenters. The maximum absolute atomic E-state index is 12.4. The monoisotopic (exact) mass is 397 g/mol. The number of likely N-dealkylation sites (tertiary alicyclic amines) is 1. The first-order valence-electron chi connectivity index (χ1n) is 9.12. The standard InChI is InChI=1S/C19H23N7O3/c1-4-15(27)26-9-13(19(2,10-20)11-26)24-14-8-23-17-16(25-14)12(7-22-17)18(28)21-5-6-29-3/h4,7-8,13H,1,5-6,9,11H2,2-3H3,(H,21,28)(H,22,23)(H,24,25)/t13-,19+/m0/s1. The first kappa shape index (κ1) is 20.3. The van der Waals surface area contributed by atoms with Gasteiger partial charge >= 0.3 is 0 Å². The van der Waals surface area contributed by atoms with E-state index in [0.717, 1.165) is 0 Å². The molecule has 152 valence electrons. The molecule has 1 fully saturated rings. The molecule has 1 saturated heterocycles. The van der Waals surface area contributed by atoms with Crippen LogP contribution in [-0.4, -0.2) is 71.1 Å². The van der Waals surface area contributed by atoms with E-state index in [1.807, 2.05) is 0 Å². The summed E-state index contributed by atoms with van der Waals surface area (Å²) in [5, 5.41) is 15.6. The molecule has 0 spiro atoms. The van der Waals surface area contributed by atoms with E-state index < -0.39 is 5.41 Å². The SMILES string of the molecule is C=CC(=O)N1C[C@H](Nc2cnc3[nH]cc(C(=O)NCCOC)c3n2)[C@](C)(C#N)C1. The van der Waals surface area contributed by atoms with E-state index in [9.17, 15) is 14.9 Å². The second-order valence-electron chi connectivity index (χ2n) is 7.05. The molecule has 0 radical (unpaired) electrons. The van der Waals surface area contributed by atoms with Crippen molar-refractivity contribution in [3.63, 3.8) is 0 Å². The Morgan fingerprint density at radius 1 is 1.59 bits per heavy atom. The summed E-state index contributed by atoms with van der Waals surface area (Å²) < 4.78 is 4.93. The number of hydrogen-bond acceptors (Lipinski definition) is 7. The summed E-state index contributed by atoms with van der Waals surface area (Å²) in [7, 11) is 1.56. The Morgan fingerprint density at radius 3 is 3.07 bits per heavy atom. The molecule has 0 bridgehead atoms.